The van der Waals surface area contributed by atoms with E-state index in [0.717, 1.165) is 6.04 Å². The summed E-state index contributed by atoms with van der Waals surface area (Å²) in [5, 5.41) is 2.58. The minimum absolute atomic E-state index is 0.914. The van der Waals surface area contributed by atoms with E-state index in [1.54, 1.807) is 4.90 Å². The van der Waals surface area contributed by atoms with Crippen LogP contribution in [0.25, 0.3) is 0 Å². The summed E-state index contributed by atoms with van der Waals surface area (Å²) in [4.78, 5) is 1.77. The molecule has 0 aromatic rings. The minimum atomic E-state index is 0.914. The maximum Gasteiger partial charge on any atom is 0.135 e. The second-order valence-corrected chi connectivity index (χ2v) is 4.30. The van der Waals surface area contributed by atoms with Crippen molar-refractivity contribution in [3.05, 3.63) is 0 Å². The molecule has 1 aliphatic heterocycles. The third-order valence-electron chi connectivity index (χ3n) is 3.33. The average molecular weight is 186 g/mol. The molecule has 1 rings (SSSR count). The van der Waals surface area contributed by atoms with Crippen LogP contribution < -0.4 is 10.2 Å². The summed E-state index contributed by atoms with van der Waals surface area (Å²) in [6, 6.07) is 0.914. The topological polar surface area (TPSA) is 21.1 Å². The van der Waals surface area contributed by atoms with Gasteiger partial charge in [-0.25, -0.2) is 0 Å². The predicted molar refractivity (Wildman–Crippen MR) is 56.0 cm³/mol. The minimum Gasteiger partial charge on any atom is -0.339 e. The van der Waals surface area contributed by atoms with Crippen LogP contribution in [0.3, 0.4) is 0 Å². The van der Waals surface area contributed by atoms with Crippen LogP contribution >= 0.6 is 0 Å². The third-order valence-corrected chi connectivity index (χ3v) is 3.33. The van der Waals surface area contributed by atoms with Gasteiger partial charge in [0.05, 0.1) is 19.6 Å². The highest BCUT2D eigenvalue weighted by Crippen LogP contribution is 2.02. The molecule has 2 nitrogen and oxygen atoms in total. The molecule has 1 fully saturated rings. The van der Waals surface area contributed by atoms with Gasteiger partial charge in [0.2, 0.25) is 0 Å². The van der Waals surface area contributed by atoms with Crippen molar-refractivity contribution in [1.29, 1.82) is 0 Å². The number of hydrogen-bond acceptors (Lipinski definition) is 0. The van der Waals surface area contributed by atoms with Crippen molar-refractivity contribution in [2.75, 3.05) is 26.2 Å². The number of hydrogen-bond donors (Lipinski definition) is 2. The first kappa shape index (κ1) is 11.0. The Bertz CT molecular complexity index is 113. The number of nitrogens with two attached hydrogens (primary N) is 1. The fourth-order valence-electron chi connectivity index (χ4n) is 2.29. The molecule has 0 bridgehead atoms. The van der Waals surface area contributed by atoms with Crippen LogP contribution in [0.1, 0.15) is 39.5 Å². The molecule has 0 aromatic carbocycles. The van der Waals surface area contributed by atoms with E-state index in [9.17, 15) is 0 Å². The molecule has 1 atom stereocenters. The summed E-state index contributed by atoms with van der Waals surface area (Å²) in [5.41, 5.74) is 0. The van der Waals surface area contributed by atoms with Crippen LogP contribution in [-0.2, 0) is 0 Å². The molecule has 78 valence electrons. The monoisotopic (exact) mass is 186 g/mol. The summed E-state index contributed by atoms with van der Waals surface area (Å²) in [6.07, 6.45) is 5.80. The second kappa shape index (κ2) is 6.39. The quantitative estimate of drug-likeness (QED) is 0.586. The molecule has 0 amide bonds. The highest BCUT2D eigenvalue weighted by Gasteiger charge is 2.19. The van der Waals surface area contributed by atoms with E-state index in [1.165, 1.54) is 51.9 Å². The van der Waals surface area contributed by atoms with Gasteiger partial charge in [0.25, 0.3) is 0 Å². The molecule has 0 aromatic heterocycles. The van der Waals surface area contributed by atoms with Gasteiger partial charge < -0.3 is 10.2 Å². The van der Waals surface area contributed by atoms with Crippen molar-refractivity contribution >= 4 is 0 Å². The van der Waals surface area contributed by atoms with E-state index in [0.29, 0.717) is 0 Å². The summed E-state index contributed by atoms with van der Waals surface area (Å²) < 4.78 is 0. The van der Waals surface area contributed by atoms with Crippen LogP contribution in [-0.4, -0.2) is 32.2 Å². The molecule has 0 radical (unpaired) electrons. The Morgan fingerprint density at radius 3 is 2.62 bits per heavy atom. The van der Waals surface area contributed by atoms with Crippen molar-refractivity contribution in [3.63, 3.8) is 0 Å². The van der Waals surface area contributed by atoms with Crippen molar-refractivity contribution in [3.8, 4) is 0 Å². The summed E-state index contributed by atoms with van der Waals surface area (Å²) in [5.74, 6) is 0. The SMILES string of the molecule is CC[NH+](CC)C[C@@H]1CCCCC[NH2+]1. The summed E-state index contributed by atoms with van der Waals surface area (Å²) in [7, 11) is 0. The smallest absolute Gasteiger partial charge is 0.135 e. The molecule has 0 unspecified atom stereocenters. The molecule has 3 N–H and O–H groups in total. The van der Waals surface area contributed by atoms with Gasteiger partial charge in [-0.15, -0.1) is 0 Å². The van der Waals surface area contributed by atoms with Crippen LogP contribution in [0.15, 0.2) is 0 Å². The van der Waals surface area contributed by atoms with Gasteiger partial charge in [-0.1, -0.05) is 0 Å². The lowest BCUT2D eigenvalue weighted by Crippen LogP contribution is -3.15. The lowest BCUT2D eigenvalue weighted by Gasteiger charge is -2.20. The van der Waals surface area contributed by atoms with Gasteiger partial charge in [0.1, 0.15) is 12.6 Å². The van der Waals surface area contributed by atoms with Gasteiger partial charge >= 0.3 is 0 Å². The maximum absolute atomic E-state index is 2.58. The molecule has 1 heterocycles. The second-order valence-electron chi connectivity index (χ2n) is 4.30. The Balaban J connectivity index is 2.24. The first-order valence-electron chi connectivity index (χ1n) is 6.03. The van der Waals surface area contributed by atoms with E-state index >= 15 is 0 Å². The van der Waals surface area contributed by atoms with Gasteiger partial charge in [0.15, 0.2) is 0 Å². The maximum atomic E-state index is 2.58. The average Bonchev–Trinajstić information content (AvgIpc) is 2.42. The molecule has 1 aliphatic rings. The predicted octanol–water partition coefficient (Wildman–Crippen LogP) is -0.583. The molecule has 1 saturated heterocycles. The van der Waals surface area contributed by atoms with E-state index in [-0.39, 0.29) is 0 Å². The zero-order chi connectivity index (χ0) is 9.52. The van der Waals surface area contributed by atoms with E-state index in [2.05, 4.69) is 19.2 Å². The normalized spacial score (nSPS) is 24.7. The highest BCUT2D eigenvalue weighted by molar-refractivity contribution is 4.56. The van der Waals surface area contributed by atoms with E-state index in [4.69, 9.17) is 0 Å². The van der Waals surface area contributed by atoms with Crippen molar-refractivity contribution in [2.24, 2.45) is 0 Å². The van der Waals surface area contributed by atoms with Crippen LogP contribution in [0.5, 0.6) is 0 Å². The zero-order valence-corrected chi connectivity index (χ0v) is 9.31. The number of likely N-dealkylation sites (N-methyl/N-ethyl adjacent to an activating group) is 1. The first-order chi connectivity index (χ1) is 6.36. The van der Waals surface area contributed by atoms with Crippen LogP contribution in [0.2, 0.25) is 0 Å². The lowest BCUT2D eigenvalue weighted by molar-refractivity contribution is -0.916. The summed E-state index contributed by atoms with van der Waals surface area (Å²) in [6.45, 7) is 9.94. The Kier molecular flexibility index (Phi) is 5.40. The number of quaternary nitrogens is 2. The van der Waals surface area contributed by atoms with Crippen molar-refractivity contribution in [2.45, 2.75) is 45.6 Å². The van der Waals surface area contributed by atoms with Crippen LogP contribution in [0, 0.1) is 0 Å². The fourth-order valence-corrected chi connectivity index (χ4v) is 2.29. The number of rotatable bonds is 4. The molecular formula is C11H26N2+2. The number of nitrogens with one attached hydrogen (secondary N) is 1. The molecule has 0 saturated carbocycles. The molecule has 13 heavy (non-hydrogen) atoms. The molecule has 2 heteroatoms. The lowest BCUT2D eigenvalue weighted by atomic mass is 10.1. The standard InChI is InChI=1S/C11H24N2/c1-3-13(4-2)10-11-8-6-5-7-9-12-11/h11-12H,3-10H2,1-2H3/p+2/t11-/m0/s1. The van der Waals surface area contributed by atoms with Crippen molar-refractivity contribution < 1.29 is 10.2 Å². The van der Waals surface area contributed by atoms with Crippen molar-refractivity contribution in [1.82, 2.24) is 0 Å². The zero-order valence-electron chi connectivity index (χ0n) is 9.31. The highest BCUT2D eigenvalue weighted by atomic mass is 15.1. The van der Waals surface area contributed by atoms with Gasteiger partial charge in [-0.3, -0.25) is 0 Å². The summed E-state index contributed by atoms with van der Waals surface area (Å²) >= 11 is 0. The van der Waals surface area contributed by atoms with E-state index < -0.39 is 0 Å². The van der Waals surface area contributed by atoms with Gasteiger partial charge in [-0.2, -0.15) is 0 Å². The third kappa shape index (κ3) is 4.10. The molecular weight excluding hydrogens is 160 g/mol. The Morgan fingerprint density at radius 2 is 1.92 bits per heavy atom. The largest absolute Gasteiger partial charge is 0.339 e. The Morgan fingerprint density at radius 1 is 1.15 bits per heavy atom. The van der Waals surface area contributed by atoms with Crippen LogP contribution in [0.4, 0.5) is 0 Å². The molecule has 0 aliphatic carbocycles. The fraction of sp³-hybridized carbons (Fsp3) is 1.00. The van der Waals surface area contributed by atoms with Gasteiger partial charge in [0, 0.05) is 6.42 Å². The molecule has 0 spiro atoms. The first-order valence-corrected chi connectivity index (χ1v) is 6.03. The van der Waals surface area contributed by atoms with E-state index in [1.807, 2.05) is 0 Å². The Labute approximate surface area is 82.7 Å². The Hall–Kier alpha value is -0.0800. The van der Waals surface area contributed by atoms with Gasteiger partial charge in [-0.05, 0) is 33.1 Å².